The molecule has 4 atom stereocenters. The summed E-state index contributed by atoms with van der Waals surface area (Å²) in [6.07, 6.45) is 2.01. The van der Waals surface area contributed by atoms with Crippen molar-refractivity contribution in [3.8, 4) is 18.2 Å². The van der Waals surface area contributed by atoms with Crippen molar-refractivity contribution in [1.82, 2.24) is 0 Å². The maximum absolute atomic E-state index is 9.89. The van der Waals surface area contributed by atoms with E-state index in [1.165, 1.54) is 4.90 Å². The van der Waals surface area contributed by atoms with Crippen LogP contribution in [0.2, 0.25) is 5.02 Å². The number of likely N-dealkylation sites (N-methyl/N-ethyl adjacent to an activating group) is 1. The fourth-order valence-corrected chi connectivity index (χ4v) is 4.23. The number of nitrogens with one attached hydrogen (secondary N) is 2. The molecule has 0 amide bonds. The average molecular weight is 351 g/mol. The van der Waals surface area contributed by atoms with Gasteiger partial charge in [0.15, 0.2) is 5.41 Å². The van der Waals surface area contributed by atoms with Crippen molar-refractivity contribution < 1.29 is 4.90 Å². The minimum absolute atomic E-state index is 0.109. The Bertz CT molecular complexity index is 851. The summed E-state index contributed by atoms with van der Waals surface area (Å²) in [5, 5.41) is 38.5. The molecule has 2 unspecified atom stereocenters. The Balaban J connectivity index is 2.25. The van der Waals surface area contributed by atoms with E-state index in [2.05, 4.69) is 18.2 Å². The van der Waals surface area contributed by atoms with Crippen molar-refractivity contribution in [2.24, 2.45) is 17.3 Å². The monoisotopic (exact) mass is 350 g/mol. The molecule has 0 spiro atoms. The van der Waals surface area contributed by atoms with Gasteiger partial charge in [-0.3, -0.25) is 0 Å². The Morgan fingerprint density at radius 3 is 2.40 bits per heavy atom. The highest BCUT2D eigenvalue weighted by molar-refractivity contribution is 6.30. The molecule has 1 heterocycles. The van der Waals surface area contributed by atoms with E-state index in [9.17, 15) is 15.8 Å². The van der Waals surface area contributed by atoms with Gasteiger partial charge in [0.25, 0.3) is 0 Å². The highest BCUT2D eigenvalue weighted by Crippen LogP contribution is 2.52. The predicted molar refractivity (Wildman–Crippen MR) is 92.9 cm³/mol. The molecule has 0 saturated heterocycles. The Labute approximate surface area is 151 Å². The highest BCUT2D eigenvalue weighted by atomic mass is 35.5. The van der Waals surface area contributed by atoms with Crippen LogP contribution in [-0.2, 0) is 0 Å². The van der Waals surface area contributed by atoms with Crippen molar-refractivity contribution in [2.45, 2.75) is 5.92 Å². The molecule has 5 nitrogen and oxygen atoms in total. The van der Waals surface area contributed by atoms with Gasteiger partial charge in [-0.05, 0) is 29.3 Å². The van der Waals surface area contributed by atoms with Crippen molar-refractivity contribution >= 4 is 17.3 Å². The maximum Gasteiger partial charge on any atom is 0.189 e. The van der Waals surface area contributed by atoms with Crippen LogP contribution < -0.4 is 4.90 Å². The van der Waals surface area contributed by atoms with Crippen LogP contribution in [0.15, 0.2) is 35.9 Å². The molecule has 0 aromatic heterocycles. The van der Waals surface area contributed by atoms with E-state index in [-0.39, 0.29) is 11.6 Å². The molecule has 6 heteroatoms. The van der Waals surface area contributed by atoms with E-state index in [1.807, 2.05) is 25.3 Å². The van der Waals surface area contributed by atoms with Gasteiger partial charge in [-0.2, -0.15) is 15.8 Å². The maximum atomic E-state index is 9.89. The van der Waals surface area contributed by atoms with Crippen molar-refractivity contribution in [2.75, 3.05) is 20.1 Å². The SMILES string of the molecule is C[NH+]1CC=C2C(C#N)C(=N)C(C#N)(C#N)[C@@H](c3ccc(Cl)cc3)[C@H]2C1. The third kappa shape index (κ3) is 2.52. The molecule has 3 rings (SSSR count). The van der Waals surface area contributed by atoms with Crippen molar-refractivity contribution in [1.29, 1.82) is 21.2 Å². The Morgan fingerprint density at radius 2 is 1.84 bits per heavy atom. The standard InChI is InChI=1S/C19H16ClN5/c1-25-7-6-14-15(8-21)18(24)19(10-22,11-23)17(16(14)9-25)12-2-4-13(20)5-3-12/h2-6,15-17,24H,7,9H2,1H3/p+1/t15?,16-,17-/m0/s1. The van der Waals surface area contributed by atoms with Gasteiger partial charge >= 0.3 is 0 Å². The van der Waals surface area contributed by atoms with E-state index >= 15 is 0 Å². The summed E-state index contributed by atoms with van der Waals surface area (Å²) in [5.41, 5.74) is -0.0752. The molecular weight excluding hydrogens is 334 g/mol. The van der Waals surface area contributed by atoms with Crippen LogP contribution >= 0.6 is 11.6 Å². The molecule has 124 valence electrons. The molecule has 1 aliphatic carbocycles. The number of nitrogens with zero attached hydrogens (tertiary/aromatic N) is 3. The molecule has 1 fully saturated rings. The highest BCUT2D eigenvalue weighted by Gasteiger charge is 2.58. The zero-order valence-corrected chi connectivity index (χ0v) is 14.5. The van der Waals surface area contributed by atoms with Crippen LogP contribution in [-0.4, -0.2) is 25.8 Å². The summed E-state index contributed by atoms with van der Waals surface area (Å²) in [4.78, 5) is 1.25. The number of fused-ring (bicyclic) bond motifs is 1. The third-order valence-corrected chi connectivity index (χ3v) is 5.56. The predicted octanol–water partition coefficient (Wildman–Crippen LogP) is 1.70. The first-order valence-corrected chi connectivity index (χ1v) is 8.44. The molecule has 1 aromatic carbocycles. The van der Waals surface area contributed by atoms with Gasteiger partial charge in [0.1, 0.15) is 5.92 Å². The number of hydrogen-bond acceptors (Lipinski definition) is 4. The summed E-state index contributed by atoms with van der Waals surface area (Å²) in [7, 11) is 2.05. The molecule has 0 radical (unpaired) electrons. The second kappa shape index (κ2) is 6.34. The first-order chi connectivity index (χ1) is 12.0. The van der Waals surface area contributed by atoms with Crippen LogP contribution in [0.3, 0.4) is 0 Å². The number of halogens is 1. The Kier molecular flexibility index (Phi) is 4.36. The lowest BCUT2D eigenvalue weighted by atomic mass is 9.54. The van der Waals surface area contributed by atoms with Gasteiger partial charge < -0.3 is 10.3 Å². The number of benzene rings is 1. The normalized spacial score (nSPS) is 30.2. The Hall–Kier alpha value is -2.65. The van der Waals surface area contributed by atoms with Gasteiger partial charge in [-0.1, -0.05) is 23.7 Å². The van der Waals surface area contributed by atoms with Crippen molar-refractivity contribution in [3.63, 3.8) is 0 Å². The zero-order valence-electron chi connectivity index (χ0n) is 13.8. The zero-order chi connectivity index (χ0) is 18.2. The third-order valence-electron chi connectivity index (χ3n) is 5.31. The molecule has 1 aliphatic heterocycles. The number of nitriles is 3. The average Bonchev–Trinajstić information content (AvgIpc) is 2.62. The lowest BCUT2D eigenvalue weighted by molar-refractivity contribution is -0.878. The molecular formula is C19H17ClN5+. The fraction of sp³-hybridized carbons (Fsp3) is 0.368. The quantitative estimate of drug-likeness (QED) is 0.754. The van der Waals surface area contributed by atoms with E-state index in [0.29, 0.717) is 5.02 Å². The van der Waals surface area contributed by atoms with E-state index in [0.717, 1.165) is 24.2 Å². The van der Waals surface area contributed by atoms with Crippen LogP contribution in [0, 0.1) is 56.7 Å². The summed E-state index contributed by atoms with van der Waals surface area (Å²) in [6.45, 7) is 1.49. The van der Waals surface area contributed by atoms with E-state index in [1.54, 1.807) is 12.1 Å². The summed E-state index contributed by atoms with van der Waals surface area (Å²) in [5.74, 6) is -1.42. The first-order valence-electron chi connectivity index (χ1n) is 8.06. The van der Waals surface area contributed by atoms with Crippen LogP contribution in [0.5, 0.6) is 0 Å². The second-order valence-corrected chi connectivity index (χ2v) is 7.15. The van der Waals surface area contributed by atoms with Gasteiger partial charge in [-0.25, -0.2) is 0 Å². The second-order valence-electron chi connectivity index (χ2n) is 6.71. The lowest BCUT2D eigenvalue weighted by Gasteiger charge is -2.46. The first kappa shape index (κ1) is 17.2. The number of rotatable bonds is 1. The summed E-state index contributed by atoms with van der Waals surface area (Å²) in [6, 6.07) is 13.4. The summed E-state index contributed by atoms with van der Waals surface area (Å²) >= 11 is 5.99. The number of quaternary nitrogens is 1. The molecule has 2 N–H and O–H groups in total. The topological polar surface area (TPSA) is 99.7 Å². The smallest absolute Gasteiger partial charge is 0.189 e. The lowest BCUT2D eigenvalue weighted by Crippen LogP contribution is -3.10. The van der Waals surface area contributed by atoms with Crippen LogP contribution in [0.1, 0.15) is 11.5 Å². The fourth-order valence-electron chi connectivity index (χ4n) is 4.10. The van der Waals surface area contributed by atoms with E-state index < -0.39 is 17.3 Å². The number of hydrogen-bond donors (Lipinski definition) is 2. The van der Waals surface area contributed by atoms with Crippen LogP contribution in [0.25, 0.3) is 0 Å². The molecule has 1 aromatic rings. The molecule has 1 saturated carbocycles. The molecule has 25 heavy (non-hydrogen) atoms. The molecule has 2 aliphatic rings. The van der Waals surface area contributed by atoms with E-state index in [4.69, 9.17) is 17.0 Å². The summed E-state index contributed by atoms with van der Waals surface area (Å²) < 4.78 is 0. The van der Waals surface area contributed by atoms with Gasteiger partial charge in [0.05, 0.1) is 44.1 Å². The van der Waals surface area contributed by atoms with Gasteiger partial charge in [-0.15, -0.1) is 0 Å². The van der Waals surface area contributed by atoms with Gasteiger partial charge in [0.2, 0.25) is 0 Å². The Morgan fingerprint density at radius 1 is 1.20 bits per heavy atom. The van der Waals surface area contributed by atoms with Gasteiger partial charge in [0, 0.05) is 16.9 Å². The van der Waals surface area contributed by atoms with Crippen molar-refractivity contribution in [3.05, 3.63) is 46.5 Å². The van der Waals surface area contributed by atoms with Crippen LogP contribution in [0.4, 0.5) is 0 Å². The minimum atomic E-state index is -1.64. The largest absolute Gasteiger partial charge is 0.334 e. The minimum Gasteiger partial charge on any atom is -0.334 e. The molecule has 0 bridgehead atoms.